The fraction of sp³-hybridized carbons (Fsp3) is 0.692. The number of hydrogen-bond donors (Lipinski definition) is 1. The van der Waals surface area contributed by atoms with E-state index in [1.54, 1.807) is 0 Å². The molecule has 1 heterocycles. The van der Waals surface area contributed by atoms with Gasteiger partial charge in [-0.2, -0.15) is 13.2 Å². The first-order valence-corrected chi connectivity index (χ1v) is 6.71. The van der Waals surface area contributed by atoms with E-state index in [2.05, 4.69) is 4.98 Å². The molecule has 1 aliphatic carbocycles. The minimum absolute atomic E-state index is 0.166. The third-order valence-electron chi connectivity index (χ3n) is 3.90. The number of hydrogen-bond acceptors (Lipinski definition) is 2. The van der Waals surface area contributed by atoms with Crippen LogP contribution >= 0.6 is 0 Å². The van der Waals surface area contributed by atoms with Crippen molar-refractivity contribution < 1.29 is 18.0 Å². The molecule has 1 saturated carbocycles. The molecule has 1 fully saturated rings. The highest BCUT2D eigenvalue weighted by Gasteiger charge is 2.36. The van der Waals surface area contributed by atoms with Crippen LogP contribution in [0.15, 0.2) is 6.20 Å². The van der Waals surface area contributed by atoms with Crippen molar-refractivity contribution in [3.05, 3.63) is 17.7 Å². The number of carbonyl (C=O) groups excluding carboxylic acids is 1. The van der Waals surface area contributed by atoms with E-state index in [9.17, 15) is 18.0 Å². The lowest BCUT2D eigenvalue weighted by molar-refractivity contribution is -0.141. The lowest BCUT2D eigenvalue weighted by Crippen LogP contribution is -2.28. The summed E-state index contributed by atoms with van der Waals surface area (Å²) in [4.78, 5) is 15.1. The number of rotatable bonds is 4. The molecule has 4 nitrogen and oxygen atoms in total. The SMILES string of the molecule is Cc1nc(C(F)(F)F)cn1[C@@H](CC1CCCC1)C(N)=O. The lowest BCUT2D eigenvalue weighted by atomic mass is 9.98. The second kappa shape index (κ2) is 5.46. The van der Waals surface area contributed by atoms with Crippen LogP contribution in [0.1, 0.15) is 49.7 Å². The zero-order chi connectivity index (χ0) is 14.9. The number of aromatic nitrogens is 2. The van der Waals surface area contributed by atoms with Crippen LogP contribution in [0.4, 0.5) is 13.2 Å². The van der Waals surface area contributed by atoms with Gasteiger partial charge in [-0.05, 0) is 19.3 Å². The number of imidazole rings is 1. The van der Waals surface area contributed by atoms with Gasteiger partial charge in [0.1, 0.15) is 11.9 Å². The molecule has 0 unspecified atom stereocenters. The molecular formula is C13H18F3N3O. The van der Waals surface area contributed by atoms with Crippen molar-refractivity contribution in [1.82, 2.24) is 9.55 Å². The Morgan fingerprint density at radius 2 is 2.10 bits per heavy atom. The minimum Gasteiger partial charge on any atom is -0.368 e. The number of primary amides is 1. The number of nitrogens with zero attached hydrogens (tertiary/aromatic N) is 2. The Hall–Kier alpha value is -1.53. The first kappa shape index (κ1) is 14.9. The number of carbonyl (C=O) groups is 1. The first-order chi connectivity index (χ1) is 9.29. The van der Waals surface area contributed by atoms with E-state index in [1.807, 2.05) is 0 Å². The molecule has 1 aliphatic rings. The molecule has 1 atom stereocenters. The van der Waals surface area contributed by atoms with E-state index >= 15 is 0 Å². The summed E-state index contributed by atoms with van der Waals surface area (Å²) in [6.45, 7) is 1.46. The van der Waals surface area contributed by atoms with Crippen molar-refractivity contribution in [2.24, 2.45) is 11.7 Å². The maximum atomic E-state index is 12.7. The summed E-state index contributed by atoms with van der Waals surface area (Å²) in [5.74, 6) is -0.0890. The first-order valence-electron chi connectivity index (χ1n) is 6.71. The molecule has 2 N–H and O–H groups in total. The molecule has 0 aromatic carbocycles. The van der Waals surface area contributed by atoms with Crippen LogP contribution in [0.3, 0.4) is 0 Å². The summed E-state index contributed by atoms with van der Waals surface area (Å²) in [6, 6.07) is -0.748. The van der Waals surface area contributed by atoms with Crippen molar-refractivity contribution in [3.8, 4) is 0 Å². The fourth-order valence-corrected chi connectivity index (χ4v) is 2.87. The van der Waals surface area contributed by atoms with Gasteiger partial charge in [-0.25, -0.2) is 4.98 Å². The van der Waals surface area contributed by atoms with Gasteiger partial charge in [0.2, 0.25) is 5.91 Å². The summed E-state index contributed by atoms with van der Waals surface area (Å²) in [6.07, 6.45) is 1.09. The van der Waals surface area contributed by atoms with Gasteiger partial charge in [-0.3, -0.25) is 4.79 Å². The third-order valence-corrected chi connectivity index (χ3v) is 3.90. The van der Waals surface area contributed by atoms with E-state index in [1.165, 1.54) is 11.5 Å². The van der Waals surface area contributed by atoms with Gasteiger partial charge in [0.25, 0.3) is 0 Å². The topological polar surface area (TPSA) is 60.9 Å². The van der Waals surface area contributed by atoms with E-state index in [4.69, 9.17) is 5.73 Å². The molecule has 0 bridgehead atoms. The summed E-state index contributed by atoms with van der Waals surface area (Å²) in [7, 11) is 0. The molecule has 2 rings (SSSR count). The highest BCUT2D eigenvalue weighted by molar-refractivity contribution is 5.78. The summed E-state index contributed by atoms with van der Waals surface area (Å²) in [5, 5.41) is 0. The number of amides is 1. The van der Waals surface area contributed by atoms with Crippen LogP contribution in [0.5, 0.6) is 0 Å². The lowest BCUT2D eigenvalue weighted by Gasteiger charge is -2.20. The molecule has 7 heteroatoms. The van der Waals surface area contributed by atoms with Crippen LogP contribution in [0.25, 0.3) is 0 Å². The van der Waals surface area contributed by atoms with E-state index in [0.717, 1.165) is 31.9 Å². The molecule has 0 saturated heterocycles. The summed E-state index contributed by atoms with van der Waals surface area (Å²) in [5.41, 5.74) is 4.39. The third kappa shape index (κ3) is 3.13. The predicted molar refractivity (Wildman–Crippen MR) is 66.8 cm³/mol. The van der Waals surface area contributed by atoms with Gasteiger partial charge in [-0.15, -0.1) is 0 Å². The van der Waals surface area contributed by atoms with E-state index in [-0.39, 0.29) is 5.82 Å². The van der Waals surface area contributed by atoms with Gasteiger partial charge in [0, 0.05) is 6.20 Å². The Morgan fingerprint density at radius 3 is 2.55 bits per heavy atom. The van der Waals surface area contributed by atoms with Gasteiger partial charge in [-0.1, -0.05) is 25.7 Å². The summed E-state index contributed by atoms with van der Waals surface area (Å²) < 4.78 is 39.2. The van der Waals surface area contributed by atoms with Crippen molar-refractivity contribution in [1.29, 1.82) is 0 Å². The fourth-order valence-electron chi connectivity index (χ4n) is 2.87. The molecule has 112 valence electrons. The maximum absolute atomic E-state index is 12.7. The normalized spacial score (nSPS) is 18.4. The molecule has 1 aromatic heterocycles. The number of halogens is 3. The van der Waals surface area contributed by atoms with Crippen LogP contribution < -0.4 is 5.73 Å². The van der Waals surface area contributed by atoms with E-state index in [0.29, 0.717) is 12.3 Å². The van der Waals surface area contributed by atoms with Gasteiger partial charge < -0.3 is 10.3 Å². The molecular weight excluding hydrogens is 271 g/mol. The summed E-state index contributed by atoms with van der Waals surface area (Å²) >= 11 is 0. The van der Waals surface area contributed by atoms with Crippen LogP contribution in [-0.4, -0.2) is 15.5 Å². The molecule has 0 aliphatic heterocycles. The van der Waals surface area contributed by atoms with Crippen LogP contribution in [0, 0.1) is 12.8 Å². The second-order valence-electron chi connectivity index (χ2n) is 5.38. The molecule has 1 aromatic rings. The molecule has 20 heavy (non-hydrogen) atoms. The Balaban J connectivity index is 2.24. The average molecular weight is 289 g/mol. The molecule has 0 radical (unpaired) electrons. The van der Waals surface area contributed by atoms with Crippen LogP contribution in [-0.2, 0) is 11.0 Å². The monoisotopic (exact) mass is 289 g/mol. The second-order valence-corrected chi connectivity index (χ2v) is 5.38. The Morgan fingerprint density at radius 1 is 1.50 bits per heavy atom. The Bertz CT molecular complexity index is 490. The molecule has 1 amide bonds. The van der Waals surface area contributed by atoms with Crippen molar-refractivity contribution in [2.45, 2.75) is 51.2 Å². The smallest absolute Gasteiger partial charge is 0.368 e. The highest BCUT2D eigenvalue weighted by atomic mass is 19.4. The zero-order valence-electron chi connectivity index (χ0n) is 11.3. The maximum Gasteiger partial charge on any atom is 0.434 e. The van der Waals surface area contributed by atoms with Gasteiger partial charge in [0.05, 0.1) is 0 Å². The van der Waals surface area contributed by atoms with Crippen molar-refractivity contribution in [3.63, 3.8) is 0 Å². The zero-order valence-corrected chi connectivity index (χ0v) is 11.3. The minimum atomic E-state index is -4.51. The Kier molecular flexibility index (Phi) is 4.06. The number of alkyl halides is 3. The van der Waals surface area contributed by atoms with Crippen molar-refractivity contribution in [2.75, 3.05) is 0 Å². The molecule has 0 spiro atoms. The Labute approximate surface area is 115 Å². The van der Waals surface area contributed by atoms with Gasteiger partial charge in [0.15, 0.2) is 5.69 Å². The largest absolute Gasteiger partial charge is 0.434 e. The number of aryl methyl sites for hydroxylation is 1. The predicted octanol–water partition coefficient (Wildman–Crippen LogP) is 2.82. The van der Waals surface area contributed by atoms with Crippen molar-refractivity contribution >= 4 is 5.91 Å². The van der Waals surface area contributed by atoms with E-state index < -0.39 is 23.8 Å². The average Bonchev–Trinajstić information content (AvgIpc) is 2.94. The quantitative estimate of drug-likeness (QED) is 0.926. The van der Waals surface area contributed by atoms with Crippen LogP contribution in [0.2, 0.25) is 0 Å². The standard InChI is InChI=1S/C13H18F3N3O/c1-8-18-11(13(14,15)16)7-19(8)10(12(17)20)6-9-4-2-3-5-9/h7,9-10H,2-6H2,1H3,(H2,17,20)/t10-/m0/s1. The highest BCUT2D eigenvalue weighted by Crippen LogP contribution is 2.34. The number of nitrogens with two attached hydrogens (primary N) is 1. The van der Waals surface area contributed by atoms with Gasteiger partial charge >= 0.3 is 6.18 Å².